The van der Waals surface area contributed by atoms with Crippen LogP contribution >= 0.6 is 0 Å². The molecule has 0 saturated heterocycles. The molecule has 0 bridgehead atoms. The SMILES string of the molecule is COc1ccc(-c2cc(F)cc(C(=O)O)c2)cc1C=O. The number of halogens is 1. The van der Waals surface area contributed by atoms with Crippen LogP contribution < -0.4 is 4.74 Å². The Morgan fingerprint density at radius 1 is 1.20 bits per heavy atom. The van der Waals surface area contributed by atoms with Crippen LogP contribution in [-0.2, 0) is 0 Å². The molecule has 0 fully saturated rings. The van der Waals surface area contributed by atoms with Gasteiger partial charge in [-0.05, 0) is 41.5 Å². The zero-order valence-electron chi connectivity index (χ0n) is 10.6. The van der Waals surface area contributed by atoms with Gasteiger partial charge in [0.25, 0.3) is 0 Å². The number of benzene rings is 2. The van der Waals surface area contributed by atoms with Gasteiger partial charge in [-0.3, -0.25) is 4.79 Å². The number of methoxy groups -OCH3 is 1. The van der Waals surface area contributed by atoms with Crippen molar-refractivity contribution in [2.75, 3.05) is 7.11 Å². The van der Waals surface area contributed by atoms with Crippen LogP contribution in [0.15, 0.2) is 36.4 Å². The van der Waals surface area contributed by atoms with Gasteiger partial charge in [0.2, 0.25) is 0 Å². The first-order chi connectivity index (χ1) is 9.55. The molecule has 0 unspecified atom stereocenters. The minimum absolute atomic E-state index is 0.150. The van der Waals surface area contributed by atoms with Crippen LogP contribution in [0.3, 0.4) is 0 Å². The standard InChI is InChI=1S/C15H11FO4/c1-20-14-3-2-9(4-12(14)8-17)10-5-11(15(18)19)7-13(16)6-10/h2-8H,1H3,(H,18,19). The van der Waals surface area contributed by atoms with Crippen molar-refractivity contribution >= 4 is 12.3 Å². The van der Waals surface area contributed by atoms with E-state index in [1.165, 1.54) is 25.3 Å². The number of carbonyl (C=O) groups is 2. The Bertz CT molecular complexity index is 680. The molecule has 1 N–H and O–H groups in total. The summed E-state index contributed by atoms with van der Waals surface area (Å²) in [6, 6.07) is 8.23. The lowest BCUT2D eigenvalue weighted by Gasteiger charge is -2.08. The maximum Gasteiger partial charge on any atom is 0.335 e. The Morgan fingerprint density at radius 3 is 2.55 bits per heavy atom. The Kier molecular flexibility index (Phi) is 3.79. The summed E-state index contributed by atoms with van der Waals surface area (Å²) in [5.74, 6) is -1.46. The fourth-order valence-electron chi connectivity index (χ4n) is 1.89. The summed E-state index contributed by atoms with van der Waals surface area (Å²) in [5, 5.41) is 8.92. The highest BCUT2D eigenvalue weighted by Crippen LogP contribution is 2.27. The van der Waals surface area contributed by atoms with Crippen LogP contribution in [0.5, 0.6) is 5.75 Å². The average molecular weight is 274 g/mol. The van der Waals surface area contributed by atoms with E-state index >= 15 is 0 Å². The van der Waals surface area contributed by atoms with E-state index in [0.29, 0.717) is 28.7 Å². The molecule has 0 saturated carbocycles. The van der Waals surface area contributed by atoms with E-state index in [9.17, 15) is 14.0 Å². The second kappa shape index (κ2) is 5.52. The summed E-state index contributed by atoms with van der Waals surface area (Å²) in [7, 11) is 1.44. The smallest absolute Gasteiger partial charge is 0.335 e. The quantitative estimate of drug-likeness (QED) is 0.870. The first-order valence-electron chi connectivity index (χ1n) is 5.72. The van der Waals surface area contributed by atoms with Gasteiger partial charge in [0, 0.05) is 0 Å². The van der Waals surface area contributed by atoms with Crippen molar-refractivity contribution in [3.8, 4) is 16.9 Å². The summed E-state index contributed by atoms with van der Waals surface area (Å²) in [5.41, 5.74) is 1.08. The molecule has 102 valence electrons. The molecule has 0 aliphatic carbocycles. The molecule has 0 atom stereocenters. The Hall–Kier alpha value is -2.69. The van der Waals surface area contributed by atoms with Crippen molar-refractivity contribution < 1.29 is 23.8 Å². The fourth-order valence-corrected chi connectivity index (χ4v) is 1.89. The summed E-state index contributed by atoms with van der Waals surface area (Å²) in [6.45, 7) is 0. The van der Waals surface area contributed by atoms with E-state index in [1.54, 1.807) is 12.1 Å². The van der Waals surface area contributed by atoms with Crippen molar-refractivity contribution in [1.82, 2.24) is 0 Å². The number of aldehydes is 1. The molecule has 0 spiro atoms. The molecule has 0 radical (unpaired) electrons. The normalized spacial score (nSPS) is 10.1. The predicted molar refractivity (Wildman–Crippen MR) is 70.7 cm³/mol. The number of hydrogen-bond acceptors (Lipinski definition) is 3. The van der Waals surface area contributed by atoms with Crippen LogP contribution in [0.25, 0.3) is 11.1 Å². The molecule has 20 heavy (non-hydrogen) atoms. The Labute approximate surface area is 114 Å². The fraction of sp³-hybridized carbons (Fsp3) is 0.0667. The highest BCUT2D eigenvalue weighted by atomic mass is 19.1. The monoisotopic (exact) mass is 274 g/mol. The average Bonchev–Trinajstić information content (AvgIpc) is 2.45. The number of carboxylic acid groups (broad SMARTS) is 1. The third-order valence-electron chi connectivity index (χ3n) is 2.83. The maximum atomic E-state index is 13.4. The van der Waals surface area contributed by atoms with Gasteiger partial charge in [-0.15, -0.1) is 0 Å². The van der Waals surface area contributed by atoms with Crippen LogP contribution in [0, 0.1) is 5.82 Å². The highest BCUT2D eigenvalue weighted by molar-refractivity contribution is 5.90. The van der Waals surface area contributed by atoms with Gasteiger partial charge in [-0.25, -0.2) is 9.18 Å². The molecule has 0 aromatic heterocycles. The van der Waals surface area contributed by atoms with Crippen molar-refractivity contribution in [3.05, 3.63) is 53.3 Å². The van der Waals surface area contributed by atoms with Crippen LogP contribution in [-0.4, -0.2) is 24.5 Å². The first kappa shape index (κ1) is 13.7. The Balaban J connectivity index is 2.56. The van der Waals surface area contributed by atoms with Crippen molar-refractivity contribution in [3.63, 3.8) is 0 Å². The number of ether oxygens (including phenoxy) is 1. The molecule has 2 aromatic rings. The van der Waals surface area contributed by atoms with Crippen LogP contribution in [0.2, 0.25) is 0 Å². The third-order valence-corrected chi connectivity index (χ3v) is 2.83. The zero-order valence-corrected chi connectivity index (χ0v) is 10.6. The minimum atomic E-state index is -1.21. The lowest BCUT2D eigenvalue weighted by Crippen LogP contribution is -1.98. The van der Waals surface area contributed by atoms with E-state index in [2.05, 4.69) is 0 Å². The van der Waals surface area contributed by atoms with E-state index in [0.717, 1.165) is 6.07 Å². The summed E-state index contributed by atoms with van der Waals surface area (Å²) in [6.07, 6.45) is 0.625. The topological polar surface area (TPSA) is 63.6 Å². The highest BCUT2D eigenvalue weighted by Gasteiger charge is 2.10. The summed E-state index contributed by atoms with van der Waals surface area (Å²) >= 11 is 0. The van der Waals surface area contributed by atoms with E-state index < -0.39 is 11.8 Å². The largest absolute Gasteiger partial charge is 0.496 e. The molecule has 0 amide bonds. The molecular weight excluding hydrogens is 263 g/mol. The summed E-state index contributed by atoms with van der Waals surface area (Å²) in [4.78, 5) is 21.9. The predicted octanol–water partition coefficient (Wildman–Crippen LogP) is 3.01. The Morgan fingerprint density at radius 2 is 1.95 bits per heavy atom. The number of rotatable bonds is 4. The lowest BCUT2D eigenvalue weighted by atomic mass is 10.0. The molecule has 0 aliphatic rings. The number of aromatic carboxylic acids is 1. The number of carboxylic acids is 1. The van der Waals surface area contributed by atoms with Crippen LogP contribution in [0.4, 0.5) is 4.39 Å². The second-order valence-corrected chi connectivity index (χ2v) is 4.11. The molecule has 4 nitrogen and oxygen atoms in total. The number of carbonyl (C=O) groups excluding carboxylic acids is 1. The third kappa shape index (κ3) is 2.66. The number of hydrogen-bond donors (Lipinski definition) is 1. The molecule has 0 aliphatic heterocycles. The van der Waals surface area contributed by atoms with Gasteiger partial charge >= 0.3 is 5.97 Å². The van der Waals surface area contributed by atoms with Gasteiger partial charge < -0.3 is 9.84 Å². The zero-order chi connectivity index (χ0) is 14.7. The molecule has 2 aromatic carbocycles. The molecule has 0 heterocycles. The van der Waals surface area contributed by atoms with E-state index in [1.807, 2.05) is 0 Å². The maximum absolute atomic E-state index is 13.4. The van der Waals surface area contributed by atoms with Gasteiger partial charge in [-0.1, -0.05) is 6.07 Å². The second-order valence-electron chi connectivity index (χ2n) is 4.11. The van der Waals surface area contributed by atoms with Crippen molar-refractivity contribution in [2.24, 2.45) is 0 Å². The van der Waals surface area contributed by atoms with Crippen LogP contribution in [0.1, 0.15) is 20.7 Å². The lowest BCUT2D eigenvalue weighted by molar-refractivity contribution is 0.0696. The van der Waals surface area contributed by atoms with E-state index in [4.69, 9.17) is 9.84 Å². The van der Waals surface area contributed by atoms with Gasteiger partial charge in [-0.2, -0.15) is 0 Å². The molecule has 5 heteroatoms. The molecular formula is C15H11FO4. The minimum Gasteiger partial charge on any atom is -0.496 e. The van der Waals surface area contributed by atoms with Gasteiger partial charge in [0.05, 0.1) is 18.2 Å². The molecule has 2 rings (SSSR count). The van der Waals surface area contributed by atoms with Crippen molar-refractivity contribution in [1.29, 1.82) is 0 Å². The van der Waals surface area contributed by atoms with Gasteiger partial charge in [0.15, 0.2) is 6.29 Å². The van der Waals surface area contributed by atoms with Crippen molar-refractivity contribution in [2.45, 2.75) is 0 Å². The summed E-state index contributed by atoms with van der Waals surface area (Å²) < 4.78 is 18.5. The van der Waals surface area contributed by atoms with E-state index in [-0.39, 0.29) is 5.56 Å². The first-order valence-corrected chi connectivity index (χ1v) is 5.72. The van der Waals surface area contributed by atoms with Gasteiger partial charge in [0.1, 0.15) is 11.6 Å².